The first-order valence-corrected chi connectivity index (χ1v) is 8.71. The summed E-state index contributed by atoms with van der Waals surface area (Å²) in [6, 6.07) is 0.256. The smallest absolute Gasteiger partial charge is 0.191 e. The molecule has 0 aliphatic rings. The molecule has 0 bridgehead atoms. The lowest BCUT2D eigenvalue weighted by atomic mass is 10.1. The van der Waals surface area contributed by atoms with Crippen LogP contribution in [0.3, 0.4) is 0 Å². The maximum Gasteiger partial charge on any atom is 0.191 e. The highest BCUT2D eigenvalue weighted by atomic mass is 16.5. The SMILES string of the molecule is CN=C(NCCc1c(C)noc1C)NC(C)Cc1c(C)nn(C)c1C. The normalized spacial score (nSPS) is 13.2. The van der Waals surface area contributed by atoms with Gasteiger partial charge in [0, 0.05) is 37.9 Å². The maximum absolute atomic E-state index is 5.20. The number of aromatic nitrogens is 3. The largest absolute Gasteiger partial charge is 0.361 e. The van der Waals surface area contributed by atoms with Crippen molar-refractivity contribution in [2.24, 2.45) is 12.0 Å². The van der Waals surface area contributed by atoms with Crippen molar-refractivity contribution in [3.05, 3.63) is 34.0 Å². The van der Waals surface area contributed by atoms with Gasteiger partial charge in [-0.2, -0.15) is 5.10 Å². The molecule has 7 nitrogen and oxygen atoms in total. The van der Waals surface area contributed by atoms with Gasteiger partial charge in [-0.25, -0.2) is 0 Å². The molecule has 0 saturated carbocycles. The highest BCUT2D eigenvalue weighted by molar-refractivity contribution is 5.79. The number of aliphatic imine (C=N–C) groups is 1. The second-order valence-corrected chi connectivity index (χ2v) is 6.57. The summed E-state index contributed by atoms with van der Waals surface area (Å²) in [7, 11) is 3.78. The van der Waals surface area contributed by atoms with Crippen LogP contribution in [0.25, 0.3) is 0 Å². The lowest BCUT2D eigenvalue weighted by Crippen LogP contribution is -2.43. The number of nitrogens with one attached hydrogen (secondary N) is 2. The predicted molar refractivity (Wildman–Crippen MR) is 100 cm³/mol. The Kier molecular flexibility index (Phi) is 6.22. The molecular formula is C18H30N6O. The Balaban J connectivity index is 1.87. The molecule has 0 spiro atoms. The summed E-state index contributed by atoms with van der Waals surface area (Å²) in [5.74, 6) is 1.69. The summed E-state index contributed by atoms with van der Waals surface area (Å²) >= 11 is 0. The van der Waals surface area contributed by atoms with E-state index in [2.05, 4.69) is 46.7 Å². The molecular weight excluding hydrogens is 316 g/mol. The van der Waals surface area contributed by atoms with Crippen LogP contribution < -0.4 is 10.6 Å². The van der Waals surface area contributed by atoms with Gasteiger partial charge in [0.15, 0.2) is 5.96 Å². The number of aryl methyl sites for hydroxylation is 4. The molecule has 0 aromatic carbocycles. The Bertz CT molecular complexity index is 724. The first-order chi connectivity index (χ1) is 11.8. The van der Waals surface area contributed by atoms with Gasteiger partial charge in [-0.3, -0.25) is 9.67 Å². The van der Waals surface area contributed by atoms with E-state index in [0.717, 1.165) is 48.1 Å². The molecule has 0 fully saturated rings. The van der Waals surface area contributed by atoms with E-state index in [9.17, 15) is 0 Å². The van der Waals surface area contributed by atoms with Gasteiger partial charge in [-0.1, -0.05) is 5.16 Å². The maximum atomic E-state index is 5.20. The zero-order valence-electron chi connectivity index (χ0n) is 16.4. The fourth-order valence-corrected chi connectivity index (χ4v) is 3.06. The summed E-state index contributed by atoms with van der Waals surface area (Å²) in [5.41, 5.74) is 5.73. The van der Waals surface area contributed by atoms with Gasteiger partial charge in [-0.05, 0) is 53.0 Å². The van der Waals surface area contributed by atoms with Crippen molar-refractivity contribution >= 4 is 5.96 Å². The topological polar surface area (TPSA) is 80.3 Å². The molecule has 138 valence electrons. The minimum absolute atomic E-state index is 0.256. The summed E-state index contributed by atoms with van der Waals surface area (Å²) < 4.78 is 7.14. The average molecular weight is 346 g/mol. The van der Waals surface area contributed by atoms with Crippen LogP contribution >= 0.6 is 0 Å². The summed E-state index contributed by atoms with van der Waals surface area (Å²) in [6.45, 7) is 11.0. The molecule has 0 amide bonds. The number of hydrogen-bond donors (Lipinski definition) is 2. The van der Waals surface area contributed by atoms with E-state index >= 15 is 0 Å². The molecule has 2 aromatic heterocycles. The van der Waals surface area contributed by atoms with E-state index in [0.29, 0.717) is 0 Å². The zero-order chi connectivity index (χ0) is 18.6. The highest BCUT2D eigenvalue weighted by Gasteiger charge is 2.14. The fraction of sp³-hybridized carbons (Fsp3) is 0.611. The molecule has 0 radical (unpaired) electrons. The summed E-state index contributed by atoms with van der Waals surface area (Å²) in [5, 5.41) is 15.3. The monoisotopic (exact) mass is 346 g/mol. The van der Waals surface area contributed by atoms with Gasteiger partial charge in [0.25, 0.3) is 0 Å². The van der Waals surface area contributed by atoms with Crippen LogP contribution in [0.1, 0.15) is 40.9 Å². The van der Waals surface area contributed by atoms with E-state index in [-0.39, 0.29) is 6.04 Å². The van der Waals surface area contributed by atoms with Crippen LogP contribution in [0, 0.1) is 27.7 Å². The Morgan fingerprint density at radius 1 is 1.20 bits per heavy atom. The van der Waals surface area contributed by atoms with Crippen LogP contribution in [0.15, 0.2) is 9.52 Å². The Hall–Kier alpha value is -2.31. The Labute approximate surface area is 149 Å². The highest BCUT2D eigenvalue weighted by Crippen LogP contribution is 2.14. The van der Waals surface area contributed by atoms with Crippen LogP contribution in [0.4, 0.5) is 0 Å². The summed E-state index contributed by atoms with van der Waals surface area (Å²) in [6.07, 6.45) is 1.77. The third-order valence-electron chi connectivity index (χ3n) is 4.62. The lowest BCUT2D eigenvalue weighted by molar-refractivity contribution is 0.392. The molecule has 1 atom stereocenters. The third kappa shape index (κ3) is 4.61. The van der Waals surface area contributed by atoms with Crippen molar-refractivity contribution in [3.63, 3.8) is 0 Å². The molecule has 25 heavy (non-hydrogen) atoms. The van der Waals surface area contributed by atoms with Crippen LogP contribution in [-0.4, -0.2) is 40.5 Å². The van der Waals surface area contributed by atoms with Gasteiger partial charge in [0.05, 0.1) is 11.4 Å². The van der Waals surface area contributed by atoms with E-state index in [1.54, 1.807) is 7.05 Å². The number of hydrogen-bond acceptors (Lipinski definition) is 4. The van der Waals surface area contributed by atoms with Crippen molar-refractivity contribution < 1.29 is 4.52 Å². The molecule has 2 heterocycles. The van der Waals surface area contributed by atoms with Gasteiger partial charge in [-0.15, -0.1) is 0 Å². The molecule has 2 N–H and O–H groups in total. The predicted octanol–water partition coefficient (Wildman–Crippen LogP) is 1.98. The van der Waals surface area contributed by atoms with Crippen molar-refractivity contribution in [1.82, 2.24) is 25.6 Å². The average Bonchev–Trinajstić information content (AvgIpc) is 3.00. The minimum Gasteiger partial charge on any atom is -0.361 e. The van der Waals surface area contributed by atoms with E-state index in [1.807, 2.05) is 25.6 Å². The Morgan fingerprint density at radius 2 is 1.92 bits per heavy atom. The van der Waals surface area contributed by atoms with Gasteiger partial charge < -0.3 is 15.2 Å². The first kappa shape index (κ1) is 19.0. The molecule has 0 aliphatic heterocycles. The Morgan fingerprint density at radius 3 is 2.44 bits per heavy atom. The van der Waals surface area contributed by atoms with E-state index < -0.39 is 0 Å². The molecule has 1 unspecified atom stereocenters. The minimum atomic E-state index is 0.256. The van der Waals surface area contributed by atoms with E-state index in [4.69, 9.17) is 4.52 Å². The molecule has 0 aliphatic carbocycles. The van der Waals surface area contributed by atoms with E-state index in [1.165, 1.54) is 11.3 Å². The number of guanidine groups is 1. The van der Waals surface area contributed by atoms with Crippen molar-refractivity contribution in [3.8, 4) is 0 Å². The van der Waals surface area contributed by atoms with Crippen LogP contribution in [0.5, 0.6) is 0 Å². The first-order valence-electron chi connectivity index (χ1n) is 8.71. The van der Waals surface area contributed by atoms with Crippen molar-refractivity contribution in [2.45, 2.75) is 53.5 Å². The number of nitrogens with zero attached hydrogens (tertiary/aromatic N) is 4. The quantitative estimate of drug-likeness (QED) is 0.617. The van der Waals surface area contributed by atoms with Crippen LogP contribution in [-0.2, 0) is 19.9 Å². The number of rotatable bonds is 6. The van der Waals surface area contributed by atoms with Gasteiger partial charge in [0.1, 0.15) is 5.76 Å². The standard InChI is InChI=1S/C18H30N6O/c1-11(10-17-12(2)22-24(7)14(17)4)21-18(19-6)20-9-8-16-13(3)23-25-15(16)5/h11H,8-10H2,1-7H3,(H2,19,20,21). The van der Waals surface area contributed by atoms with Crippen molar-refractivity contribution in [2.75, 3.05) is 13.6 Å². The van der Waals surface area contributed by atoms with Gasteiger partial charge >= 0.3 is 0 Å². The molecule has 7 heteroatoms. The second-order valence-electron chi connectivity index (χ2n) is 6.57. The molecule has 0 saturated heterocycles. The molecule has 2 rings (SSSR count). The zero-order valence-corrected chi connectivity index (χ0v) is 16.4. The van der Waals surface area contributed by atoms with Crippen LogP contribution in [0.2, 0.25) is 0 Å². The third-order valence-corrected chi connectivity index (χ3v) is 4.62. The lowest BCUT2D eigenvalue weighted by Gasteiger charge is -2.18. The van der Waals surface area contributed by atoms with Gasteiger partial charge in [0.2, 0.25) is 0 Å². The van der Waals surface area contributed by atoms with Crippen molar-refractivity contribution in [1.29, 1.82) is 0 Å². The molecule has 2 aromatic rings. The fourth-order valence-electron chi connectivity index (χ4n) is 3.06. The second kappa shape index (κ2) is 8.18. The summed E-state index contributed by atoms with van der Waals surface area (Å²) in [4.78, 5) is 4.32.